The van der Waals surface area contributed by atoms with Crippen LogP contribution in [0.4, 0.5) is 5.82 Å². The van der Waals surface area contributed by atoms with Gasteiger partial charge >= 0.3 is 5.97 Å². The molecule has 2 aromatic rings. The van der Waals surface area contributed by atoms with Crippen molar-refractivity contribution in [2.45, 2.75) is 19.4 Å². The lowest BCUT2D eigenvalue weighted by Gasteiger charge is -2.38. The second-order valence-corrected chi connectivity index (χ2v) is 7.91. The summed E-state index contributed by atoms with van der Waals surface area (Å²) in [4.78, 5) is 18.2. The molecule has 2 saturated heterocycles. The van der Waals surface area contributed by atoms with E-state index >= 15 is 0 Å². The Balaban J connectivity index is 1.48. The van der Waals surface area contributed by atoms with E-state index in [4.69, 9.17) is 4.74 Å². The standard InChI is InChI=1S/C22H27N3O3/c26-21(27)19-7-4-10-23-20(19)24-13-18-15-25(14-17-5-2-1-3-6-17)16-22(18)8-11-28-12-9-22/h1-7,10,18H,8-9,11-16H2,(H,23,24)(H,26,27). The highest BCUT2D eigenvalue weighted by molar-refractivity contribution is 5.92. The van der Waals surface area contributed by atoms with Crippen molar-refractivity contribution < 1.29 is 14.6 Å². The normalized spacial score (nSPS) is 21.6. The van der Waals surface area contributed by atoms with Crippen LogP contribution in [0.1, 0.15) is 28.8 Å². The van der Waals surface area contributed by atoms with Crippen molar-refractivity contribution in [1.29, 1.82) is 0 Å². The molecule has 1 atom stereocenters. The number of pyridine rings is 1. The molecule has 0 amide bonds. The van der Waals surface area contributed by atoms with E-state index < -0.39 is 5.97 Å². The predicted octanol–water partition coefficient (Wildman–Crippen LogP) is 3.12. The van der Waals surface area contributed by atoms with E-state index in [1.165, 1.54) is 5.56 Å². The third-order valence-electron chi connectivity index (χ3n) is 6.17. The van der Waals surface area contributed by atoms with Gasteiger partial charge in [0.05, 0.1) is 0 Å². The van der Waals surface area contributed by atoms with Crippen molar-refractivity contribution in [1.82, 2.24) is 9.88 Å². The summed E-state index contributed by atoms with van der Waals surface area (Å²) in [6, 6.07) is 13.8. The SMILES string of the molecule is O=C(O)c1cccnc1NCC1CN(Cc2ccccc2)CC12CCOCC2. The molecule has 0 radical (unpaired) electrons. The van der Waals surface area contributed by atoms with Crippen LogP contribution in [-0.4, -0.2) is 53.8 Å². The maximum atomic E-state index is 11.5. The Morgan fingerprint density at radius 2 is 2.00 bits per heavy atom. The molecule has 2 fully saturated rings. The highest BCUT2D eigenvalue weighted by atomic mass is 16.5. The fourth-order valence-electron chi connectivity index (χ4n) is 4.67. The van der Waals surface area contributed by atoms with Crippen molar-refractivity contribution in [2.75, 3.05) is 38.2 Å². The predicted molar refractivity (Wildman–Crippen MR) is 107 cm³/mol. The van der Waals surface area contributed by atoms with Gasteiger partial charge < -0.3 is 15.2 Å². The number of carboxylic acids is 1. The van der Waals surface area contributed by atoms with Crippen LogP contribution in [0.3, 0.4) is 0 Å². The Morgan fingerprint density at radius 1 is 1.21 bits per heavy atom. The van der Waals surface area contributed by atoms with E-state index in [9.17, 15) is 9.90 Å². The van der Waals surface area contributed by atoms with Gasteiger partial charge in [0.15, 0.2) is 0 Å². The number of nitrogens with one attached hydrogen (secondary N) is 1. The molecule has 148 valence electrons. The molecule has 0 bridgehead atoms. The number of ether oxygens (including phenoxy) is 1. The molecule has 2 aliphatic rings. The summed E-state index contributed by atoms with van der Waals surface area (Å²) in [5.41, 5.74) is 1.77. The lowest BCUT2D eigenvalue weighted by molar-refractivity contribution is 0.00170. The number of likely N-dealkylation sites (tertiary alicyclic amines) is 1. The highest BCUT2D eigenvalue weighted by Gasteiger charge is 2.46. The maximum absolute atomic E-state index is 11.5. The molecule has 1 aromatic carbocycles. The Morgan fingerprint density at radius 3 is 2.75 bits per heavy atom. The summed E-state index contributed by atoms with van der Waals surface area (Å²) in [5.74, 6) is -0.0593. The molecule has 0 aliphatic carbocycles. The summed E-state index contributed by atoms with van der Waals surface area (Å²) >= 11 is 0. The van der Waals surface area contributed by atoms with Crippen LogP contribution in [0.25, 0.3) is 0 Å². The van der Waals surface area contributed by atoms with Crippen LogP contribution >= 0.6 is 0 Å². The van der Waals surface area contributed by atoms with Crippen molar-refractivity contribution >= 4 is 11.8 Å². The van der Waals surface area contributed by atoms with Crippen LogP contribution in [0, 0.1) is 11.3 Å². The van der Waals surface area contributed by atoms with Crippen LogP contribution in [0.5, 0.6) is 0 Å². The van der Waals surface area contributed by atoms with Gasteiger partial charge in [-0.05, 0) is 41.9 Å². The van der Waals surface area contributed by atoms with Crippen LogP contribution in [0.15, 0.2) is 48.7 Å². The average Bonchev–Trinajstić information content (AvgIpc) is 3.04. The molecule has 6 heteroatoms. The molecule has 4 rings (SSSR count). The molecule has 1 aromatic heterocycles. The Bertz CT molecular complexity index is 806. The zero-order valence-electron chi connectivity index (χ0n) is 16.0. The first-order chi connectivity index (χ1) is 13.7. The average molecular weight is 381 g/mol. The van der Waals surface area contributed by atoms with Gasteiger partial charge in [-0.3, -0.25) is 4.90 Å². The lowest BCUT2D eigenvalue weighted by atomic mass is 9.72. The van der Waals surface area contributed by atoms with Crippen molar-refractivity contribution in [3.8, 4) is 0 Å². The van der Waals surface area contributed by atoms with Crippen molar-refractivity contribution in [3.63, 3.8) is 0 Å². The molecule has 1 unspecified atom stereocenters. The smallest absolute Gasteiger partial charge is 0.339 e. The van der Waals surface area contributed by atoms with Crippen LogP contribution in [0.2, 0.25) is 0 Å². The van der Waals surface area contributed by atoms with Gasteiger partial charge in [0.2, 0.25) is 0 Å². The van der Waals surface area contributed by atoms with Gasteiger partial charge in [-0.1, -0.05) is 30.3 Å². The third-order valence-corrected chi connectivity index (χ3v) is 6.17. The van der Waals surface area contributed by atoms with Gasteiger partial charge in [0.25, 0.3) is 0 Å². The van der Waals surface area contributed by atoms with Crippen molar-refractivity contribution in [2.24, 2.45) is 11.3 Å². The quantitative estimate of drug-likeness (QED) is 0.801. The Kier molecular flexibility index (Phi) is 5.59. The topological polar surface area (TPSA) is 74.7 Å². The monoisotopic (exact) mass is 381 g/mol. The molecule has 6 nitrogen and oxygen atoms in total. The number of aromatic carboxylic acids is 1. The zero-order chi connectivity index (χ0) is 19.4. The summed E-state index contributed by atoms with van der Waals surface area (Å²) in [6.07, 6.45) is 3.74. The summed E-state index contributed by atoms with van der Waals surface area (Å²) < 4.78 is 5.64. The van der Waals surface area contributed by atoms with Crippen LogP contribution < -0.4 is 5.32 Å². The lowest BCUT2D eigenvalue weighted by Crippen LogP contribution is -2.39. The largest absolute Gasteiger partial charge is 0.478 e. The van der Waals surface area contributed by atoms with Crippen molar-refractivity contribution in [3.05, 3.63) is 59.8 Å². The highest BCUT2D eigenvalue weighted by Crippen LogP contribution is 2.44. The number of carboxylic acid groups (broad SMARTS) is 1. The number of rotatable bonds is 6. The first kappa shape index (κ1) is 18.9. The van der Waals surface area contributed by atoms with E-state index in [1.807, 2.05) is 6.07 Å². The second kappa shape index (κ2) is 8.29. The molecule has 2 N–H and O–H groups in total. The number of hydrogen-bond acceptors (Lipinski definition) is 5. The molecule has 3 heterocycles. The maximum Gasteiger partial charge on any atom is 0.339 e. The van der Waals surface area contributed by atoms with Gasteiger partial charge in [-0.15, -0.1) is 0 Å². The van der Waals surface area contributed by atoms with E-state index in [0.29, 0.717) is 11.7 Å². The number of benzene rings is 1. The fourth-order valence-corrected chi connectivity index (χ4v) is 4.67. The Hall–Kier alpha value is -2.44. The molecule has 2 aliphatic heterocycles. The van der Waals surface area contributed by atoms with E-state index in [2.05, 4.69) is 39.5 Å². The van der Waals surface area contributed by atoms with E-state index in [1.54, 1.807) is 18.3 Å². The number of anilines is 1. The summed E-state index contributed by atoms with van der Waals surface area (Å²) in [7, 11) is 0. The first-order valence-electron chi connectivity index (χ1n) is 9.92. The second-order valence-electron chi connectivity index (χ2n) is 7.91. The molecule has 0 saturated carbocycles. The third kappa shape index (κ3) is 4.03. The number of hydrogen-bond donors (Lipinski definition) is 2. The number of aromatic nitrogens is 1. The minimum atomic E-state index is -0.950. The van der Waals surface area contributed by atoms with Gasteiger partial charge in [0.1, 0.15) is 11.4 Å². The first-order valence-corrected chi connectivity index (χ1v) is 9.92. The molecular formula is C22H27N3O3. The molecular weight excluding hydrogens is 354 g/mol. The van der Waals surface area contributed by atoms with Gasteiger partial charge in [-0.2, -0.15) is 0 Å². The van der Waals surface area contributed by atoms with E-state index in [-0.39, 0.29) is 11.0 Å². The molecule has 28 heavy (non-hydrogen) atoms. The van der Waals surface area contributed by atoms with E-state index in [0.717, 1.165) is 52.2 Å². The minimum absolute atomic E-state index is 0.220. The van der Waals surface area contributed by atoms with Gasteiger partial charge in [-0.25, -0.2) is 9.78 Å². The van der Waals surface area contributed by atoms with Gasteiger partial charge in [0, 0.05) is 45.6 Å². The number of carbonyl (C=O) groups is 1. The Labute approximate surface area is 165 Å². The van der Waals surface area contributed by atoms with Crippen LogP contribution in [-0.2, 0) is 11.3 Å². The summed E-state index contributed by atoms with van der Waals surface area (Å²) in [6.45, 7) is 5.34. The zero-order valence-corrected chi connectivity index (χ0v) is 16.0. The number of nitrogens with zero attached hydrogens (tertiary/aromatic N) is 2. The summed E-state index contributed by atoms with van der Waals surface area (Å²) in [5, 5.41) is 12.7. The molecule has 1 spiro atoms. The fraction of sp³-hybridized carbons (Fsp3) is 0.455. The minimum Gasteiger partial charge on any atom is -0.478 e.